The molecule has 0 unspecified atom stereocenters. The van der Waals surface area contributed by atoms with Gasteiger partial charge in [0.2, 0.25) is 0 Å². The number of nitrogens with zero attached hydrogens (tertiary/aromatic N) is 1. The van der Waals surface area contributed by atoms with Crippen LogP contribution in [0.3, 0.4) is 0 Å². The van der Waals surface area contributed by atoms with Crippen molar-refractivity contribution in [2.45, 2.75) is 33.2 Å². The van der Waals surface area contributed by atoms with Gasteiger partial charge in [-0.3, -0.25) is 4.79 Å². The Kier molecular flexibility index (Phi) is 7.07. The number of aliphatic carboxylic acids is 1. The Balaban J connectivity index is 0. The molecule has 6 nitrogen and oxygen atoms in total. The van der Waals surface area contributed by atoms with Crippen LogP contribution in [0.5, 0.6) is 0 Å². The molecular formula is C7H16N2O4. The molecule has 0 heterocycles. The minimum absolute atomic E-state index is 0.435. The summed E-state index contributed by atoms with van der Waals surface area (Å²) < 4.78 is 0. The maximum Gasteiger partial charge on any atom is 0.300 e. The van der Waals surface area contributed by atoms with E-state index in [1.807, 2.05) is 5.48 Å². The maximum absolute atomic E-state index is 9.00. The van der Waals surface area contributed by atoms with E-state index in [4.69, 9.17) is 20.3 Å². The molecule has 0 amide bonds. The SMILES string of the molecule is C/C(=N/O)C(C)(C)NO.CC(=O)O. The van der Waals surface area contributed by atoms with Crippen molar-refractivity contribution in [2.24, 2.45) is 5.16 Å². The molecule has 0 aliphatic rings. The molecule has 0 bridgehead atoms. The van der Waals surface area contributed by atoms with Crippen molar-refractivity contribution in [3.05, 3.63) is 0 Å². The molecule has 4 N–H and O–H groups in total. The van der Waals surface area contributed by atoms with E-state index in [9.17, 15) is 0 Å². The Bertz CT molecular complexity index is 185. The summed E-state index contributed by atoms with van der Waals surface area (Å²) in [7, 11) is 0. The first-order valence-corrected chi connectivity index (χ1v) is 3.57. The monoisotopic (exact) mass is 192 g/mol. The zero-order chi connectivity index (χ0) is 11.1. The fourth-order valence-corrected chi connectivity index (χ4v) is 0.206. The van der Waals surface area contributed by atoms with Crippen molar-refractivity contribution in [2.75, 3.05) is 0 Å². The highest BCUT2D eigenvalue weighted by molar-refractivity contribution is 5.89. The number of carboxylic acids is 1. The van der Waals surface area contributed by atoms with Crippen LogP contribution in [0.4, 0.5) is 0 Å². The van der Waals surface area contributed by atoms with Crippen LogP contribution in [-0.4, -0.2) is 32.7 Å². The minimum atomic E-state index is -0.833. The topological polar surface area (TPSA) is 102 Å². The lowest BCUT2D eigenvalue weighted by Crippen LogP contribution is -2.43. The van der Waals surface area contributed by atoms with E-state index in [-0.39, 0.29) is 0 Å². The molecule has 78 valence electrons. The molecule has 0 spiro atoms. The van der Waals surface area contributed by atoms with Crippen molar-refractivity contribution in [3.63, 3.8) is 0 Å². The van der Waals surface area contributed by atoms with Gasteiger partial charge in [-0.25, -0.2) is 0 Å². The third kappa shape index (κ3) is 8.77. The Morgan fingerprint density at radius 1 is 1.38 bits per heavy atom. The number of hydrogen-bond donors (Lipinski definition) is 4. The van der Waals surface area contributed by atoms with Crippen LogP contribution in [0.2, 0.25) is 0 Å². The number of nitrogens with one attached hydrogen (secondary N) is 1. The van der Waals surface area contributed by atoms with Gasteiger partial charge in [0, 0.05) is 6.92 Å². The average molecular weight is 192 g/mol. The van der Waals surface area contributed by atoms with Crippen LogP contribution >= 0.6 is 0 Å². The number of oxime groups is 1. The normalized spacial score (nSPS) is 11.6. The van der Waals surface area contributed by atoms with Gasteiger partial charge < -0.3 is 15.5 Å². The van der Waals surface area contributed by atoms with Crippen LogP contribution in [0.1, 0.15) is 27.7 Å². The molecule has 0 aromatic heterocycles. The van der Waals surface area contributed by atoms with Crippen LogP contribution in [0.25, 0.3) is 0 Å². The quantitative estimate of drug-likeness (QED) is 0.293. The predicted molar refractivity (Wildman–Crippen MR) is 47.2 cm³/mol. The second-order valence-electron chi connectivity index (χ2n) is 2.94. The molecular weight excluding hydrogens is 176 g/mol. The summed E-state index contributed by atoms with van der Waals surface area (Å²) in [6.45, 7) is 6.09. The smallest absolute Gasteiger partial charge is 0.300 e. The Hall–Kier alpha value is -1.14. The van der Waals surface area contributed by atoms with Crippen LogP contribution in [0.15, 0.2) is 5.16 Å². The molecule has 0 rings (SSSR count). The number of rotatable bonds is 2. The van der Waals surface area contributed by atoms with Crippen molar-refractivity contribution < 1.29 is 20.3 Å². The first-order valence-electron chi connectivity index (χ1n) is 3.57. The van der Waals surface area contributed by atoms with E-state index in [2.05, 4.69) is 5.16 Å². The van der Waals surface area contributed by atoms with Gasteiger partial charge in [0.25, 0.3) is 5.97 Å². The lowest BCUT2D eigenvalue weighted by Gasteiger charge is -2.20. The molecule has 0 aliphatic carbocycles. The Labute approximate surface area is 76.8 Å². The summed E-state index contributed by atoms with van der Waals surface area (Å²) in [5, 5.41) is 27.0. The van der Waals surface area contributed by atoms with E-state index in [1.54, 1.807) is 20.8 Å². The molecule has 0 atom stereocenters. The summed E-state index contributed by atoms with van der Waals surface area (Å²) >= 11 is 0. The number of hydrogen-bond acceptors (Lipinski definition) is 5. The standard InChI is InChI=1S/C5H12N2O2.C2H4O2/c1-4(6-8)5(2,3)7-9;1-2(3)4/h7-9H,1-3H3;1H3,(H,3,4)/b6-4-;. The highest BCUT2D eigenvalue weighted by Crippen LogP contribution is 2.02. The van der Waals surface area contributed by atoms with Crippen molar-refractivity contribution >= 4 is 11.7 Å². The van der Waals surface area contributed by atoms with Gasteiger partial charge in [0.1, 0.15) is 0 Å². The summed E-state index contributed by atoms with van der Waals surface area (Å²) in [6, 6.07) is 0. The highest BCUT2D eigenvalue weighted by atomic mass is 16.5. The summed E-state index contributed by atoms with van der Waals surface area (Å²) in [5.41, 5.74) is 1.79. The van der Waals surface area contributed by atoms with Gasteiger partial charge in [-0.1, -0.05) is 5.16 Å². The number of carbonyl (C=O) groups is 1. The van der Waals surface area contributed by atoms with Gasteiger partial charge in [0.15, 0.2) is 0 Å². The van der Waals surface area contributed by atoms with Crippen molar-refractivity contribution in [1.29, 1.82) is 0 Å². The molecule has 13 heavy (non-hydrogen) atoms. The lowest BCUT2D eigenvalue weighted by molar-refractivity contribution is -0.134. The lowest BCUT2D eigenvalue weighted by atomic mass is 10.0. The molecule has 0 aliphatic heterocycles. The third-order valence-corrected chi connectivity index (χ3v) is 1.33. The summed E-state index contributed by atoms with van der Waals surface area (Å²) in [5.74, 6) is -0.833. The predicted octanol–water partition coefficient (Wildman–Crippen LogP) is 0.685. The first-order chi connectivity index (χ1) is 5.77. The summed E-state index contributed by atoms with van der Waals surface area (Å²) in [4.78, 5) is 9.00. The zero-order valence-electron chi connectivity index (χ0n) is 8.20. The molecule has 6 heteroatoms. The van der Waals surface area contributed by atoms with Gasteiger partial charge in [-0.2, -0.15) is 5.48 Å². The molecule has 0 aromatic carbocycles. The van der Waals surface area contributed by atoms with Gasteiger partial charge in [0.05, 0.1) is 11.3 Å². The molecule has 0 saturated carbocycles. The minimum Gasteiger partial charge on any atom is -0.481 e. The molecule has 0 radical (unpaired) electrons. The van der Waals surface area contributed by atoms with E-state index >= 15 is 0 Å². The molecule has 0 aromatic rings. The van der Waals surface area contributed by atoms with Crippen molar-refractivity contribution in [1.82, 2.24) is 5.48 Å². The Morgan fingerprint density at radius 2 is 1.69 bits per heavy atom. The van der Waals surface area contributed by atoms with Gasteiger partial charge >= 0.3 is 0 Å². The van der Waals surface area contributed by atoms with Crippen LogP contribution in [-0.2, 0) is 4.79 Å². The second-order valence-corrected chi connectivity index (χ2v) is 2.94. The third-order valence-electron chi connectivity index (χ3n) is 1.33. The number of hydroxylamine groups is 1. The molecule has 0 fully saturated rings. The number of carboxylic acid groups (broad SMARTS) is 1. The van der Waals surface area contributed by atoms with E-state index in [0.29, 0.717) is 5.71 Å². The van der Waals surface area contributed by atoms with E-state index < -0.39 is 11.5 Å². The van der Waals surface area contributed by atoms with Gasteiger partial charge in [-0.15, -0.1) is 0 Å². The zero-order valence-corrected chi connectivity index (χ0v) is 8.20. The fraction of sp³-hybridized carbons (Fsp3) is 0.714. The Morgan fingerprint density at radius 3 is 1.77 bits per heavy atom. The summed E-state index contributed by atoms with van der Waals surface area (Å²) in [6.07, 6.45) is 0. The average Bonchev–Trinajstić information content (AvgIpc) is 2.02. The first kappa shape index (κ1) is 14.4. The van der Waals surface area contributed by atoms with Crippen LogP contribution in [0, 0.1) is 0 Å². The largest absolute Gasteiger partial charge is 0.481 e. The fourth-order valence-electron chi connectivity index (χ4n) is 0.206. The maximum atomic E-state index is 9.00. The molecule has 0 saturated heterocycles. The highest BCUT2D eigenvalue weighted by Gasteiger charge is 2.20. The van der Waals surface area contributed by atoms with Crippen molar-refractivity contribution in [3.8, 4) is 0 Å². The van der Waals surface area contributed by atoms with E-state index in [0.717, 1.165) is 6.92 Å². The van der Waals surface area contributed by atoms with Crippen LogP contribution < -0.4 is 5.48 Å². The van der Waals surface area contributed by atoms with E-state index in [1.165, 1.54) is 0 Å². The van der Waals surface area contributed by atoms with Gasteiger partial charge in [-0.05, 0) is 20.8 Å². The second kappa shape index (κ2) is 6.38.